The summed E-state index contributed by atoms with van der Waals surface area (Å²) in [5.74, 6) is 0.509. The summed E-state index contributed by atoms with van der Waals surface area (Å²) in [6, 6.07) is 3.50. The zero-order chi connectivity index (χ0) is 20.2. The van der Waals surface area contributed by atoms with Crippen molar-refractivity contribution in [1.82, 2.24) is 0 Å². The lowest BCUT2D eigenvalue weighted by atomic mass is 9.83. The number of ether oxygens (including phenoxy) is 4. The molecule has 5 rings (SSSR count). The van der Waals surface area contributed by atoms with E-state index in [0.717, 1.165) is 38.5 Å². The van der Waals surface area contributed by atoms with Crippen LogP contribution >= 0.6 is 0 Å². The zero-order valence-electron chi connectivity index (χ0n) is 17.0. The van der Waals surface area contributed by atoms with Crippen LogP contribution in [0.3, 0.4) is 0 Å². The first-order valence-electron chi connectivity index (χ1n) is 10.6. The Morgan fingerprint density at radius 2 is 1.34 bits per heavy atom. The van der Waals surface area contributed by atoms with E-state index in [0.29, 0.717) is 11.5 Å². The number of epoxide rings is 2. The van der Waals surface area contributed by atoms with E-state index in [1.54, 1.807) is 12.1 Å². The number of fused-ring (bicyclic) bond motifs is 2. The number of carbonyl (C=O) groups is 2. The Kier molecular flexibility index (Phi) is 4.51. The van der Waals surface area contributed by atoms with Gasteiger partial charge in [-0.05, 0) is 64.5 Å². The molecule has 4 fully saturated rings. The van der Waals surface area contributed by atoms with Gasteiger partial charge in [0.1, 0.15) is 24.7 Å². The summed E-state index contributed by atoms with van der Waals surface area (Å²) in [6.45, 7) is 4.38. The number of esters is 2. The third-order valence-electron chi connectivity index (χ3n) is 7.14. The third kappa shape index (κ3) is 3.82. The molecular weight excluding hydrogens is 376 g/mol. The number of rotatable bonds is 6. The Morgan fingerprint density at radius 1 is 0.897 bits per heavy atom. The molecule has 0 N–H and O–H groups in total. The summed E-state index contributed by atoms with van der Waals surface area (Å²) in [4.78, 5) is 24.6. The normalized spacial score (nSPS) is 39.8. The molecule has 4 aliphatic rings. The van der Waals surface area contributed by atoms with Crippen molar-refractivity contribution in [3.05, 3.63) is 23.7 Å². The molecule has 6 atom stereocenters. The lowest BCUT2D eigenvalue weighted by molar-refractivity contribution is -0.151. The van der Waals surface area contributed by atoms with E-state index in [9.17, 15) is 9.59 Å². The third-order valence-corrected chi connectivity index (χ3v) is 7.14. The monoisotopic (exact) mass is 404 g/mol. The van der Waals surface area contributed by atoms with Gasteiger partial charge in [-0.1, -0.05) is 0 Å². The molecule has 29 heavy (non-hydrogen) atoms. The molecule has 1 aromatic rings. The number of carbonyl (C=O) groups excluding carboxylic acids is 2. The largest absolute Gasteiger partial charge is 0.459 e. The smallest absolute Gasteiger partial charge is 0.309 e. The molecule has 158 valence electrons. The first kappa shape index (κ1) is 19.1. The highest BCUT2D eigenvalue weighted by Crippen LogP contribution is 2.50. The number of furan rings is 1. The van der Waals surface area contributed by atoms with E-state index >= 15 is 0 Å². The molecule has 2 aliphatic carbocycles. The van der Waals surface area contributed by atoms with Crippen molar-refractivity contribution in [1.29, 1.82) is 0 Å². The van der Waals surface area contributed by atoms with E-state index in [-0.39, 0.29) is 60.4 Å². The second kappa shape index (κ2) is 6.84. The van der Waals surface area contributed by atoms with Gasteiger partial charge in [-0.2, -0.15) is 0 Å². The fourth-order valence-corrected chi connectivity index (χ4v) is 4.82. The molecule has 0 radical (unpaired) electrons. The SMILES string of the molecule is CC12CCC(C(=O)OCc3ccc(COC(=O)C4CCC5(C)OC5C4)o3)CC1O2. The molecule has 0 amide bonds. The first-order chi connectivity index (χ1) is 13.8. The van der Waals surface area contributed by atoms with Crippen LogP contribution < -0.4 is 0 Å². The lowest BCUT2D eigenvalue weighted by Gasteiger charge is -2.20. The van der Waals surface area contributed by atoms with Crippen molar-refractivity contribution in [2.45, 2.75) is 89.0 Å². The average molecular weight is 404 g/mol. The molecule has 7 heteroatoms. The second-order valence-electron chi connectivity index (χ2n) is 9.36. The molecule has 2 saturated carbocycles. The van der Waals surface area contributed by atoms with Crippen LogP contribution in [0.5, 0.6) is 0 Å². The summed E-state index contributed by atoms with van der Waals surface area (Å²) in [6.07, 6.45) is 5.28. The van der Waals surface area contributed by atoms with Crippen LogP contribution in [0.15, 0.2) is 16.5 Å². The van der Waals surface area contributed by atoms with Gasteiger partial charge < -0.3 is 23.4 Å². The molecule has 2 aliphatic heterocycles. The second-order valence-corrected chi connectivity index (χ2v) is 9.36. The van der Waals surface area contributed by atoms with Gasteiger partial charge in [-0.3, -0.25) is 9.59 Å². The van der Waals surface area contributed by atoms with Crippen LogP contribution in [0.25, 0.3) is 0 Å². The standard InChI is InChI=1S/C22H28O7/c1-21-7-5-13(9-17(21)28-21)19(23)25-11-15-3-4-16(27-15)12-26-20(24)14-6-8-22(2)18(10-14)29-22/h3-4,13-14,17-18H,5-12H2,1-2H3. The average Bonchev–Trinajstić information content (AvgIpc) is 3.51. The summed E-state index contributed by atoms with van der Waals surface area (Å²) >= 11 is 0. The van der Waals surface area contributed by atoms with Gasteiger partial charge in [-0.15, -0.1) is 0 Å². The Bertz CT molecular complexity index is 751. The maximum absolute atomic E-state index is 12.3. The summed E-state index contributed by atoms with van der Waals surface area (Å²) < 4.78 is 27.8. The molecule has 3 heterocycles. The summed E-state index contributed by atoms with van der Waals surface area (Å²) in [5.41, 5.74) is -0.0137. The molecule has 0 spiro atoms. The van der Waals surface area contributed by atoms with Gasteiger partial charge in [0, 0.05) is 0 Å². The first-order valence-corrected chi connectivity index (χ1v) is 10.6. The predicted molar refractivity (Wildman–Crippen MR) is 99.5 cm³/mol. The summed E-state index contributed by atoms with van der Waals surface area (Å²) in [5, 5.41) is 0. The maximum atomic E-state index is 12.3. The van der Waals surface area contributed by atoms with Crippen molar-refractivity contribution in [2.75, 3.05) is 0 Å². The van der Waals surface area contributed by atoms with Crippen molar-refractivity contribution in [3.8, 4) is 0 Å². The molecule has 6 unspecified atom stereocenters. The molecule has 1 aromatic heterocycles. The Labute approximate surface area is 170 Å². The molecule has 7 nitrogen and oxygen atoms in total. The van der Waals surface area contributed by atoms with Crippen molar-refractivity contribution < 1.29 is 33.0 Å². The molecule has 0 aromatic carbocycles. The van der Waals surface area contributed by atoms with Gasteiger partial charge in [0.05, 0.1) is 35.2 Å². The highest BCUT2D eigenvalue weighted by Gasteiger charge is 2.57. The van der Waals surface area contributed by atoms with Gasteiger partial charge in [-0.25, -0.2) is 0 Å². The molecular formula is C22H28O7. The van der Waals surface area contributed by atoms with Crippen molar-refractivity contribution in [2.24, 2.45) is 11.8 Å². The van der Waals surface area contributed by atoms with Crippen LogP contribution in [-0.2, 0) is 41.8 Å². The zero-order valence-corrected chi connectivity index (χ0v) is 17.0. The van der Waals surface area contributed by atoms with Crippen LogP contribution in [0.4, 0.5) is 0 Å². The summed E-state index contributed by atoms with van der Waals surface area (Å²) in [7, 11) is 0. The highest BCUT2D eigenvalue weighted by atomic mass is 16.6. The minimum absolute atomic E-state index is 0.00685. The number of hydrogen-bond donors (Lipinski definition) is 0. The minimum Gasteiger partial charge on any atom is -0.459 e. The van der Waals surface area contributed by atoms with E-state index in [2.05, 4.69) is 13.8 Å². The van der Waals surface area contributed by atoms with Gasteiger partial charge in [0.25, 0.3) is 0 Å². The van der Waals surface area contributed by atoms with Gasteiger partial charge >= 0.3 is 11.9 Å². The quantitative estimate of drug-likeness (QED) is 0.531. The van der Waals surface area contributed by atoms with Crippen LogP contribution in [0.2, 0.25) is 0 Å². The molecule has 0 bridgehead atoms. The molecule has 2 saturated heterocycles. The van der Waals surface area contributed by atoms with Crippen LogP contribution in [0.1, 0.15) is 63.9 Å². The highest BCUT2D eigenvalue weighted by molar-refractivity contribution is 5.73. The van der Waals surface area contributed by atoms with Crippen molar-refractivity contribution in [3.63, 3.8) is 0 Å². The van der Waals surface area contributed by atoms with Crippen LogP contribution in [-0.4, -0.2) is 35.3 Å². The topological polar surface area (TPSA) is 90.8 Å². The van der Waals surface area contributed by atoms with E-state index in [4.69, 9.17) is 23.4 Å². The fourth-order valence-electron chi connectivity index (χ4n) is 4.82. The maximum Gasteiger partial charge on any atom is 0.309 e. The lowest BCUT2D eigenvalue weighted by Crippen LogP contribution is -2.27. The van der Waals surface area contributed by atoms with E-state index in [1.807, 2.05) is 0 Å². The Balaban J connectivity index is 1.04. The van der Waals surface area contributed by atoms with Crippen molar-refractivity contribution >= 4 is 11.9 Å². The Hall–Kier alpha value is -1.86. The minimum atomic E-state index is -0.196. The fraction of sp³-hybridized carbons (Fsp3) is 0.727. The Morgan fingerprint density at radius 3 is 1.76 bits per heavy atom. The van der Waals surface area contributed by atoms with E-state index in [1.165, 1.54) is 0 Å². The van der Waals surface area contributed by atoms with Gasteiger partial charge in [0.15, 0.2) is 0 Å². The predicted octanol–water partition coefficient (Wildman–Crippen LogP) is 3.28. The number of hydrogen-bond acceptors (Lipinski definition) is 7. The van der Waals surface area contributed by atoms with Crippen LogP contribution in [0, 0.1) is 11.8 Å². The van der Waals surface area contributed by atoms with Gasteiger partial charge in [0.2, 0.25) is 0 Å². The van der Waals surface area contributed by atoms with E-state index < -0.39 is 0 Å².